The Hall–Kier alpha value is -1.43. The van der Waals surface area contributed by atoms with Crippen molar-refractivity contribution in [1.29, 1.82) is 0 Å². The lowest BCUT2D eigenvalue weighted by Gasteiger charge is -2.28. The molecule has 3 rings (SSSR count). The lowest BCUT2D eigenvalue weighted by Crippen LogP contribution is -3.00. The van der Waals surface area contributed by atoms with E-state index < -0.39 is 7.26 Å². The summed E-state index contributed by atoms with van der Waals surface area (Å²) >= 11 is 0. The summed E-state index contributed by atoms with van der Waals surface area (Å²) in [5, 5.41) is 4.52. The summed E-state index contributed by atoms with van der Waals surface area (Å²) in [7, 11) is -1.61. The Kier molecular flexibility index (Phi) is 8.74. The number of hydrogen-bond acceptors (Lipinski definition) is 0. The van der Waals surface area contributed by atoms with Gasteiger partial charge in [-0.1, -0.05) is 73.9 Å². The summed E-state index contributed by atoms with van der Waals surface area (Å²) in [6, 6.07) is 31.8. The Morgan fingerprint density at radius 1 is 0.593 bits per heavy atom. The minimum atomic E-state index is -1.61. The topological polar surface area (TPSA) is 0 Å². The maximum absolute atomic E-state index is 2.38. The molecule has 0 aliphatic carbocycles. The highest BCUT2D eigenvalue weighted by atomic mass is 79.9. The zero-order chi connectivity index (χ0) is 18.2. The molecule has 3 aromatic carbocycles. The van der Waals surface area contributed by atoms with Crippen molar-refractivity contribution in [2.24, 2.45) is 0 Å². The molecule has 0 saturated heterocycles. The molecular weight excluding hydrogens is 411 g/mol. The van der Waals surface area contributed by atoms with Gasteiger partial charge in [0, 0.05) is 0 Å². The van der Waals surface area contributed by atoms with E-state index in [1.807, 2.05) is 0 Å². The van der Waals surface area contributed by atoms with Crippen LogP contribution in [0, 0.1) is 6.92 Å². The SMILES string of the molecule is CCCCCC[P+](c1ccccc1)(c1ccccc1)c1ccc(C)cc1.[Br-]. The summed E-state index contributed by atoms with van der Waals surface area (Å²) in [5.41, 5.74) is 1.33. The largest absolute Gasteiger partial charge is 1.00 e. The van der Waals surface area contributed by atoms with Crippen LogP contribution in [0.25, 0.3) is 0 Å². The average molecular weight is 441 g/mol. The first kappa shape index (κ1) is 21.9. The second kappa shape index (κ2) is 10.8. The Morgan fingerprint density at radius 3 is 1.56 bits per heavy atom. The van der Waals surface area contributed by atoms with E-state index in [0.717, 1.165) is 0 Å². The minimum absolute atomic E-state index is 0. The second-order valence-electron chi connectivity index (χ2n) is 7.10. The van der Waals surface area contributed by atoms with Crippen LogP contribution in [0.15, 0.2) is 84.9 Å². The van der Waals surface area contributed by atoms with Crippen LogP contribution in [0.1, 0.15) is 38.2 Å². The molecule has 0 fully saturated rings. The summed E-state index contributed by atoms with van der Waals surface area (Å²) < 4.78 is 0. The first-order chi connectivity index (χ1) is 12.8. The predicted octanol–water partition coefficient (Wildman–Crippen LogP) is 2.87. The fourth-order valence-corrected chi connectivity index (χ4v) is 8.16. The molecule has 27 heavy (non-hydrogen) atoms. The van der Waals surface area contributed by atoms with Gasteiger partial charge in [-0.2, -0.15) is 0 Å². The predicted molar refractivity (Wildman–Crippen MR) is 119 cm³/mol. The van der Waals surface area contributed by atoms with Gasteiger partial charge in [-0.3, -0.25) is 0 Å². The van der Waals surface area contributed by atoms with Crippen LogP contribution in [-0.2, 0) is 0 Å². The van der Waals surface area contributed by atoms with Crippen molar-refractivity contribution in [1.82, 2.24) is 0 Å². The average Bonchev–Trinajstić information content (AvgIpc) is 2.71. The molecule has 0 nitrogen and oxygen atoms in total. The van der Waals surface area contributed by atoms with E-state index in [1.165, 1.54) is 53.3 Å². The monoisotopic (exact) mass is 440 g/mol. The third-order valence-electron chi connectivity index (χ3n) is 5.22. The fourth-order valence-electron chi connectivity index (χ4n) is 3.77. The molecule has 142 valence electrons. The molecule has 0 spiro atoms. The van der Waals surface area contributed by atoms with E-state index in [1.54, 1.807) is 0 Å². The third kappa shape index (κ3) is 5.09. The number of unbranched alkanes of at least 4 members (excludes halogenated alkanes) is 3. The first-order valence-electron chi connectivity index (χ1n) is 9.84. The van der Waals surface area contributed by atoms with Crippen molar-refractivity contribution in [2.45, 2.75) is 39.5 Å². The number of rotatable bonds is 8. The molecule has 0 unspecified atom stereocenters. The fraction of sp³-hybridized carbons (Fsp3) is 0.280. The van der Waals surface area contributed by atoms with Gasteiger partial charge < -0.3 is 17.0 Å². The van der Waals surface area contributed by atoms with Gasteiger partial charge in [0.1, 0.15) is 23.2 Å². The van der Waals surface area contributed by atoms with Gasteiger partial charge in [0.05, 0.1) is 6.16 Å². The summed E-state index contributed by atoms with van der Waals surface area (Å²) in [4.78, 5) is 0. The maximum atomic E-state index is 2.38. The Balaban J connectivity index is 0.00000261. The van der Waals surface area contributed by atoms with Gasteiger partial charge in [-0.05, 0) is 56.2 Å². The van der Waals surface area contributed by atoms with Crippen molar-refractivity contribution in [3.63, 3.8) is 0 Å². The van der Waals surface area contributed by atoms with Crippen molar-refractivity contribution < 1.29 is 17.0 Å². The molecule has 0 aliphatic heterocycles. The molecule has 0 amide bonds. The van der Waals surface area contributed by atoms with Gasteiger partial charge in [0.15, 0.2) is 0 Å². The van der Waals surface area contributed by atoms with Gasteiger partial charge in [-0.15, -0.1) is 0 Å². The number of benzene rings is 3. The molecule has 2 heteroatoms. The molecule has 0 aromatic heterocycles. The second-order valence-corrected chi connectivity index (χ2v) is 10.7. The normalized spacial score (nSPS) is 11.0. The number of hydrogen-bond donors (Lipinski definition) is 0. The zero-order valence-corrected chi connectivity index (χ0v) is 18.9. The molecule has 0 atom stereocenters. The van der Waals surface area contributed by atoms with Crippen LogP contribution in [0.2, 0.25) is 0 Å². The lowest BCUT2D eigenvalue weighted by molar-refractivity contribution is -0.00000528. The summed E-state index contributed by atoms with van der Waals surface area (Å²) in [6.07, 6.45) is 6.48. The van der Waals surface area contributed by atoms with Crippen LogP contribution in [0.3, 0.4) is 0 Å². The van der Waals surface area contributed by atoms with Crippen molar-refractivity contribution in [2.75, 3.05) is 6.16 Å². The molecule has 0 aliphatic rings. The van der Waals surface area contributed by atoms with Crippen LogP contribution < -0.4 is 32.9 Å². The van der Waals surface area contributed by atoms with E-state index in [0.29, 0.717) is 0 Å². The molecule has 0 N–H and O–H groups in total. The van der Waals surface area contributed by atoms with Crippen LogP contribution in [0.5, 0.6) is 0 Å². The number of halogens is 1. The van der Waals surface area contributed by atoms with E-state index in [4.69, 9.17) is 0 Å². The third-order valence-corrected chi connectivity index (χ3v) is 9.74. The highest BCUT2D eigenvalue weighted by molar-refractivity contribution is 7.95. The van der Waals surface area contributed by atoms with Crippen molar-refractivity contribution in [3.05, 3.63) is 90.5 Å². The van der Waals surface area contributed by atoms with E-state index in [9.17, 15) is 0 Å². The summed E-state index contributed by atoms with van der Waals surface area (Å²) in [6.45, 7) is 4.47. The van der Waals surface area contributed by atoms with Gasteiger partial charge in [0.25, 0.3) is 0 Å². The van der Waals surface area contributed by atoms with Gasteiger partial charge >= 0.3 is 0 Å². The maximum Gasteiger partial charge on any atom is 0.112 e. The molecule has 0 heterocycles. The smallest absolute Gasteiger partial charge is 0.112 e. The molecular formula is C25H30BrP. The molecule has 3 aromatic rings. The molecule has 0 saturated carbocycles. The lowest BCUT2D eigenvalue weighted by atomic mass is 10.2. The van der Waals surface area contributed by atoms with Crippen molar-refractivity contribution in [3.8, 4) is 0 Å². The quantitative estimate of drug-likeness (QED) is 0.373. The number of aryl methyl sites for hydroxylation is 1. The Labute approximate surface area is 176 Å². The van der Waals surface area contributed by atoms with Crippen LogP contribution >= 0.6 is 7.26 Å². The highest BCUT2D eigenvalue weighted by Crippen LogP contribution is 2.56. The van der Waals surface area contributed by atoms with Crippen LogP contribution in [-0.4, -0.2) is 6.16 Å². The minimum Gasteiger partial charge on any atom is -1.00 e. The van der Waals surface area contributed by atoms with Gasteiger partial charge in [-0.25, -0.2) is 0 Å². The highest BCUT2D eigenvalue weighted by Gasteiger charge is 2.44. The Morgan fingerprint density at radius 2 is 1.07 bits per heavy atom. The van der Waals surface area contributed by atoms with E-state index in [-0.39, 0.29) is 17.0 Å². The van der Waals surface area contributed by atoms with Crippen LogP contribution in [0.4, 0.5) is 0 Å². The van der Waals surface area contributed by atoms with E-state index >= 15 is 0 Å². The summed E-state index contributed by atoms with van der Waals surface area (Å²) in [5.74, 6) is 0. The van der Waals surface area contributed by atoms with Gasteiger partial charge in [0.2, 0.25) is 0 Å². The van der Waals surface area contributed by atoms with Crippen molar-refractivity contribution >= 4 is 23.2 Å². The van der Waals surface area contributed by atoms with E-state index in [2.05, 4.69) is 98.8 Å². The molecule has 0 bridgehead atoms. The first-order valence-corrected chi connectivity index (χ1v) is 11.8. The Bertz CT molecular complexity index is 742. The zero-order valence-electron chi connectivity index (χ0n) is 16.4. The molecule has 0 radical (unpaired) electrons. The standard InChI is InChI=1S/C25H30P.BrH/c1-3-4-5-12-21-26(23-13-8-6-9-14-23,24-15-10-7-11-16-24)25-19-17-22(2)18-20-25;/h6-11,13-20H,3-5,12,21H2,1-2H3;1H/q+1;/p-1.